The summed E-state index contributed by atoms with van der Waals surface area (Å²) in [4.78, 5) is 3.40. The van der Waals surface area contributed by atoms with Gasteiger partial charge in [0.25, 0.3) is 0 Å². The van der Waals surface area contributed by atoms with E-state index in [1.54, 1.807) is 0 Å². The van der Waals surface area contributed by atoms with Crippen LogP contribution in [0.4, 0.5) is 0 Å². The minimum absolute atomic E-state index is 0.130. The lowest BCUT2D eigenvalue weighted by molar-refractivity contribution is 0.616. The van der Waals surface area contributed by atoms with Crippen molar-refractivity contribution in [3.8, 4) is 0 Å². The maximum absolute atomic E-state index is 10.5. The zero-order valence-electron chi connectivity index (χ0n) is 3.70. The summed E-state index contributed by atoms with van der Waals surface area (Å²) in [6.07, 6.45) is 1.25. The summed E-state index contributed by atoms with van der Waals surface area (Å²) in [6.45, 7) is 0. The van der Waals surface area contributed by atoms with Gasteiger partial charge in [0.15, 0.2) is 0 Å². The van der Waals surface area contributed by atoms with Crippen LogP contribution >= 0.6 is 15.9 Å². The van der Waals surface area contributed by atoms with Gasteiger partial charge in [0, 0.05) is 0 Å². The molecule has 8 heavy (non-hydrogen) atoms. The van der Waals surface area contributed by atoms with Gasteiger partial charge in [-0.05, 0) is 15.9 Å². The molecular formula is C3H2BrNO2S. The Labute approximate surface area is 55.2 Å². The van der Waals surface area contributed by atoms with E-state index in [1.165, 1.54) is 6.20 Å². The third-order valence-electron chi connectivity index (χ3n) is 0.647. The van der Waals surface area contributed by atoms with E-state index < -0.39 is 9.84 Å². The number of sulfone groups is 1. The number of hydrogen-bond acceptors (Lipinski definition) is 3. The molecule has 0 aromatic rings. The van der Waals surface area contributed by atoms with Gasteiger partial charge < -0.3 is 0 Å². The molecule has 0 aromatic carbocycles. The van der Waals surface area contributed by atoms with Crippen molar-refractivity contribution in [1.29, 1.82) is 0 Å². The molecule has 1 heterocycles. The Balaban J connectivity index is 3.26. The van der Waals surface area contributed by atoms with E-state index in [2.05, 4.69) is 20.9 Å². The van der Waals surface area contributed by atoms with E-state index >= 15 is 0 Å². The van der Waals surface area contributed by atoms with E-state index in [9.17, 15) is 8.42 Å². The Hall–Kier alpha value is -0.160. The van der Waals surface area contributed by atoms with Crippen molar-refractivity contribution in [1.82, 2.24) is 0 Å². The molecule has 1 aliphatic rings. The first-order valence-corrected chi connectivity index (χ1v) is 4.11. The Morgan fingerprint density at radius 1 is 1.62 bits per heavy atom. The van der Waals surface area contributed by atoms with Gasteiger partial charge in [-0.25, -0.2) is 8.42 Å². The van der Waals surface area contributed by atoms with Gasteiger partial charge in [-0.2, -0.15) is 0 Å². The minimum Gasteiger partial charge on any atom is -0.250 e. The Morgan fingerprint density at radius 2 is 2.25 bits per heavy atom. The molecule has 0 radical (unpaired) electrons. The van der Waals surface area contributed by atoms with E-state index in [0.29, 0.717) is 0 Å². The van der Waals surface area contributed by atoms with Crippen molar-refractivity contribution < 1.29 is 8.42 Å². The van der Waals surface area contributed by atoms with Crippen LogP contribution in [-0.2, 0) is 9.84 Å². The maximum atomic E-state index is 10.5. The lowest BCUT2D eigenvalue weighted by Crippen LogP contribution is -1.93. The molecule has 5 heteroatoms. The molecule has 0 unspecified atom stereocenters. The molecule has 0 aliphatic carbocycles. The number of halogens is 1. The molecule has 0 saturated heterocycles. The summed E-state index contributed by atoms with van der Waals surface area (Å²) in [7, 11) is -3.14. The molecule has 0 aromatic heterocycles. The van der Waals surface area contributed by atoms with E-state index in [0.717, 1.165) is 5.55 Å². The van der Waals surface area contributed by atoms with E-state index in [-0.39, 0.29) is 3.81 Å². The quantitative estimate of drug-likeness (QED) is 0.570. The molecule has 0 atom stereocenters. The summed E-state index contributed by atoms with van der Waals surface area (Å²) in [6, 6.07) is 0. The lowest BCUT2D eigenvalue weighted by Gasteiger charge is -1.81. The third kappa shape index (κ3) is 0.830. The SMILES string of the molecule is O=S1(=O)C=NC=C1Br. The summed E-state index contributed by atoms with van der Waals surface area (Å²) in [5.41, 5.74) is 0.900. The van der Waals surface area contributed by atoms with Crippen LogP contribution in [0, 0.1) is 0 Å². The predicted molar refractivity (Wildman–Crippen MR) is 34.4 cm³/mol. The van der Waals surface area contributed by atoms with Crippen molar-refractivity contribution >= 4 is 31.3 Å². The van der Waals surface area contributed by atoms with Crippen LogP contribution in [0.15, 0.2) is 15.0 Å². The van der Waals surface area contributed by atoms with Gasteiger partial charge in [0.2, 0.25) is 9.84 Å². The van der Waals surface area contributed by atoms with Gasteiger partial charge in [-0.1, -0.05) is 0 Å². The average molecular weight is 196 g/mol. The number of aliphatic imine (C=N–C) groups is 1. The normalized spacial score (nSPS) is 23.4. The van der Waals surface area contributed by atoms with E-state index in [1.807, 2.05) is 0 Å². The first-order chi connectivity index (χ1) is 3.63. The van der Waals surface area contributed by atoms with Crippen LogP contribution in [-0.4, -0.2) is 14.0 Å². The zero-order chi connectivity index (χ0) is 6.20. The second-order valence-corrected chi connectivity index (χ2v) is 4.35. The fraction of sp³-hybridized carbons (Fsp3) is 0. The highest BCUT2D eigenvalue weighted by molar-refractivity contribution is 9.14. The molecule has 1 rings (SSSR count). The minimum atomic E-state index is -3.14. The van der Waals surface area contributed by atoms with Crippen LogP contribution in [0.2, 0.25) is 0 Å². The van der Waals surface area contributed by atoms with Crippen molar-refractivity contribution in [3.63, 3.8) is 0 Å². The summed E-state index contributed by atoms with van der Waals surface area (Å²) in [5, 5.41) is 0. The molecule has 0 N–H and O–H groups in total. The average Bonchev–Trinajstić information content (AvgIpc) is 1.86. The highest BCUT2D eigenvalue weighted by Gasteiger charge is 2.15. The second kappa shape index (κ2) is 1.66. The molecule has 0 fully saturated rings. The first-order valence-electron chi connectivity index (χ1n) is 1.77. The van der Waals surface area contributed by atoms with Crippen LogP contribution in [0.3, 0.4) is 0 Å². The molecule has 0 amide bonds. The van der Waals surface area contributed by atoms with Crippen molar-refractivity contribution in [3.05, 3.63) is 10.0 Å². The van der Waals surface area contributed by atoms with Crippen LogP contribution in [0.5, 0.6) is 0 Å². The summed E-state index contributed by atoms with van der Waals surface area (Å²) in [5.74, 6) is 0. The monoisotopic (exact) mass is 195 g/mol. The highest BCUT2D eigenvalue weighted by atomic mass is 79.9. The third-order valence-corrected chi connectivity index (χ3v) is 3.25. The number of nitrogens with zero attached hydrogens (tertiary/aromatic N) is 1. The molecule has 44 valence electrons. The topological polar surface area (TPSA) is 46.5 Å². The Morgan fingerprint density at radius 3 is 2.38 bits per heavy atom. The molecule has 3 nitrogen and oxygen atoms in total. The largest absolute Gasteiger partial charge is 0.250 e. The van der Waals surface area contributed by atoms with Gasteiger partial charge in [0.1, 0.15) is 9.36 Å². The molecular weight excluding hydrogens is 194 g/mol. The fourth-order valence-corrected chi connectivity index (χ4v) is 1.19. The van der Waals surface area contributed by atoms with Crippen molar-refractivity contribution in [2.45, 2.75) is 0 Å². The van der Waals surface area contributed by atoms with Crippen LogP contribution in [0.25, 0.3) is 0 Å². The summed E-state index contributed by atoms with van der Waals surface area (Å²) >= 11 is 2.81. The standard InChI is InChI=1S/C3H2BrNO2S/c4-3-1-5-2-8(3,6)7/h1-2H. The first kappa shape index (κ1) is 5.97. The zero-order valence-corrected chi connectivity index (χ0v) is 6.11. The lowest BCUT2D eigenvalue weighted by atomic mass is 11.1. The highest BCUT2D eigenvalue weighted by Crippen LogP contribution is 2.17. The predicted octanol–water partition coefficient (Wildman–Crippen LogP) is 0.637. The van der Waals surface area contributed by atoms with Crippen LogP contribution < -0.4 is 0 Å². The van der Waals surface area contributed by atoms with Gasteiger partial charge in [0.05, 0.1) is 6.20 Å². The molecule has 0 bridgehead atoms. The van der Waals surface area contributed by atoms with Crippen LogP contribution in [0.1, 0.15) is 0 Å². The smallest absolute Gasteiger partial charge is 0.225 e. The van der Waals surface area contributed by atoms with Gasteiger partial charge in [-0.15, -0.1) is 0 Å². The van der Waals surface area contributed by atoms with Gasteiger partial charge >= 0.3 is 0 Å². The second-order valence-electron chi connectivity index (χ2n) is 1.23. The molecule has 0 spiro atoms. The molecule has 1 aliphatic heterocycles. The Bertz CT molecular complexity index is 250. The summed E-state index contributed by atoms with van der Waals surface area (Å²) < 4.78 is 21.1. The van der Waals surface area contributed by atoms with Crippen molar-refractivity contribution in [2.24, 2.45) is 4.99 Å². The number of hydrogen-bond donors (Lipinski definition) is 0. The maximum Gasteiger partial charge on any atom is 0.225 e. The van der Waals surface area contributed by atoms with E-state index in [4.69, 9.17) is 0 Å². The van der Waals surface area contributed by atoms with Crippen molar-refractivity contribution in [2.75, 3.05) is 0 Å². The fourth-order valence-electron chi connectivity index (χ4n) is 0.293. The van der Waals surface area contributed by atoms with Gasteiger partial charge in [-0.3, -0.25) is 4.99 Å². The number of rotatable bonds is 0. The Kier molecular flexibility index (Phi) is 1.24. The molecule has 0 saturated carbocycles.